The van der Waals surface area contributed by atoms with E-state index < -0.39 is 28.4 Å². The summed E-state index contributed by atoms with van der Waals surface area (Å²) in [6, 6.07) is 33.7. The highest BCUT2D eigenvalue weighted by atomic mass is 32.2. The molecule has 0 spiro atoms. The molecule has 276 valence electrons. The molecule has 0 saturated heterocycles. The third-order valence-corrected chi connectivity index (χ3v) is 11.4. The summed E-state index contributed by atoms with van der Waals surface area (Å²) in [5.41, 5.74) is 6.64. The number of hydrogen-bond acceptors (Lipinski definition) is 5. The van der Waals surface area contributed by atoms with Gasteiger partial charge in [-0.2, -0.15) is 4.31 Å². The molecule has 0 atom stereocenters. The highest BCUT2D eigenvalue weighted by molar-refractivity contribution is 7.89. The number of carboxylic acids is 1. The molecule has 0 fully saturated rings. The second-order valence-corrected chi connectivity index (χ2v) is 16.6. The number of anilines is 1. The number of aromatic carboxylic acids is 1. The van der Waals surface area contributed by atoms with E-state index in [1.807, 2.05) is 104 Å². The van der Waals surface area contributed by atoms with Crippen LogP contribution in [0.5, 0.6) is 5.75 Å². The van der Waals surface area contributed by atoms with Crippen molar-refractivity contribution in [2.24, 2.45) is 0 Å². The van der Waals surface area contributed by atoms with E-state index in [4.69, 9.17) is 4.74 Å². The van der Waals surface area contributed by atoms with Crippen LogP contribution in [0.2, 0.25) is 0 Å². The second-order valence-electron chi connectivity index (χ2n) is 14.6. The van der Waals surface area contributed by atoms with E-state index in [1.165, 1.54) is 13.1 Å². The summed E-state index contributed by atoms with van der Waals surface area (Å²) < 4.78 is 35.5. The number of rotatable bonds is 13. The van der Waals surface area contributed by atoms with E-state index in [0.29, 0.717) is 22.4 Å². The van der Waals surface area contributed by atoms with Gasteiger partial charge in [0.25, 0.3) is 0 Å². The molecule has 0 aromatic heterocycles. The average molecular weight is 733 g/mol. The normalized spacial score (nSPS) is 11.8. The summed E-state index contributed by atoms with van der Waals surface area (Å²) in [6.45, 7) is 11.6. The maximum absolute atomic E-state index is 14.7. The lowest BCUT2D eigenvalue weighted by Crippen LogP contribution is -2.41. The summed E-state index contributed by atoms with van der Waals surface area (Å²) in [6.07, 6.45) is 0.254. The molecule has 5 aromatic carbocycles. The maximum atomic E-state index is 14.7. The van der Waals surface area contributed by atoms with E-state index in [2.05, 4.69) is 20.8 Å². The number of benzene rings is 5. The van der Waals surface area contributed by atoms with Crippen LogP contribution >= 0.6 is 0 Å². The Labute approximate surface area is 313 Å². The van der Waals surface area contributed by atoms with Gasteiger partial charge in [0.2, 0.25) is 15.9 Å². The highest BCUT2D eigenvalue weighted by Crippen LogP contribution is 2.37. The third kappa shape index (κ3) is 9.22. The smallest absolute Gasteiger partial charge is 0.339 e. The molecule has 0 saturated carbocycles. The molecule has 0 bridgehead atoms. The van der Waals surface area contributed by atoms with Crippen LogP contribution < -0.4 is 9.64 Å². The zero-order chi connectivity index (χ0) is 38.5. The molecule has 0 aliphatic rings. The standard InChI is InChI=1S/C44H48N2O6S/c1-30-24-31(2)42(32(3)25-30)53(50,51)45(7)28-40(47)46(27-34-18-20-36(21-19-34)44(4,5)6)39-23-22-37(43(48)49)41(52-29-35-16-12-9-13-17-35)38(39)26-33-14-10-8-11-15-33/h8-25H,26-29H2,1-7H3,(H,48,49). The van der Waals surface area contributed by atoms with E-state index in [1.54, 1.807) is 24.8 Å². The Morgan fingerprint density at radius 3 is 1.87 bits per heavy atom. The predicted molar refractivity (Wildman–Crippen MR) is 210 cm³/mol. The van der Waals surface area contributed by atoms with Crippen molar-refractivity contribution in [2.75, 3.05) is 18.5 Å². The third-order valence-electron chi connectivity index (χ3n) is 9.30. The van der Waals surface area contributed by atoms with Crippen LogP contribution in [0.25, 0.3) is 0 Å². The van der Waals surface area contributed by atoms with Crippen molar-refractivity contribution in [3.63, 3.8) is 0 Å². The zero-order valence-corrected chi connectivity index (χ0v) is 32.3. The molecule has 53 heavy (non-hydrogen) atoms. The summed E-state index contributed by atoms with van der Waals surface area (Å²) in [5, 5.41) is 10.4. The molecule has 9 heteroatoms. The predicted octanol–water partition coefficient (Wildman–Crippen LogP) is 8.63. The summed E-state index contributed by atoms with van der Waals surface area (Å²) >= 11 is 0. The molecule has 0 unspecified atom stereocenters. The first-order valence-electron chi connectivity index (χ1n) is 17.6. The summed E-state index contributed by atoms with van der Waals surface area (Å²) in [5.74, 6) is -1.50. The second kappa shape index (κ2) is 16.2. The fourth-order valence-corrected chi connectivity index (χ4v) is 8.12. The topological polar surface area (TPSA) is 104 Å². The lowest BCUT2D eigenvalue weighted by atomic mass is 9.86. The minimum atomic E-state index is -4.06. The molecule has 1 amide bonds. The highest BCUT2D eigenvalue weighted by Gasteiger charge is 2.31. The fraction of sp³-hybridized carbons (Fsp3) is 0.273. The van der Waals surface area contributed by atoms with Gasteiger partial charge in [0.05, 0.1) is 23.7 Å². The van der Waals surface area contributed by atoms with Gasteiger partial charge in [-0.1, -0.05) is 123 Å². The van der Waals surface area contributed by atoms with Crippen molar-refractivity contribution >= 4 is 27.6 Å². The first-order valence-corrected chi connectivity index (χ1v) is 19.0. The number of aryl methyl sites for hydroxylation is 3. The Morgan fingerprint density at radius 1 is 0.755 bits per heavy atom. The molecule has 0 aliphatic heterocycles. The first-order chi connectivity index (χ1) is 25.1. The van der Waals surface area contributed by atoms with Crippen LogP contribution in [0.3, 0.4) is 0 Å². The van der Waals surface area contributed by atoms with E-state index in [9.17, 15) is 23.1 Å². The Balaban J connectivity index is 1.65. The van der Waals surface area contributed by atoms with Crippen molar-refractivity contribution in [1.29, 1.82) is 0 Å². The molecule has 0 aliphatic carbocycles. The van der Waals surface area contributed by atoms with E-state index in [0.717, 1.165) is 32.1 Å². The fourth-order valence-electron chi connectivity index (χ4n) is 6.59. The van der Waals surface area contributed by atoms with Crippen LogP contribution in [-0.4, -0.2) is 43.3 Å². The molecule has 1 N–H and O–H groups in total. The van der Waals surface area contributed by atoms with Crippen molar-refractivity contribution in [2.45, 2.75) is 71.4 Å². The Morgan fingerprint density at radius 2 is 1.32 bits per heavy atom. The minimum Gasteiger partial charge on any atom is -0.488 e. The molecule has 8 nitrogen and oxygen atoms in total. The summed E-state index contributed by atoms with van der Waals surface area (Å²) in [4.78, 5) is 29.1. The number of carboxylic acid groups (broad SMARTS) is 1. The average Bonchev–Trinajstić information content (AvgIpc) is 3.10. The number of carbonyl (C=O) groups excluding carboxylic acids is 1. The van der Waals surface area contributed by atoms with Crippen LogP contribution in [0.4, 0.5) is 5.69 Å². The van der Waals surface area contributed by atoms with Gasteiger partial charge >= 0.3 is 5.97 Å². The Bertz CT molecular complexity index is 2170. The molecule has 0 radical (unpaired) electrons. The van der Waals surface area contributed by atoms with Gasteiger partial charge < -0.3 is 14.7 Å². The van der Waals surface area contributed by atoms with Gasteiger partial charge in [-0.25, -0.2) is 13.2 Å². The lowest BCUT2D eigenvalue weighted by molar-refractivity contribution is -0.118. The largest absolute Gasteiger partial charge is 0.488 e. The van der Waals surface area contributed by atoms with Gasteiger partial charge in [-0.3, -0.25) is 4.79 Å². The first kappa shape index (κ1) is 39.0. The van der Waals surface area contributed by atoms with Gasteiger partial charge in [-0.05, 0) is 71.7 Å². The quantitative estimate of drug-likeness (QED) is 0.130. The SMILES string of the molecule is Cc1cc(C)c(S(=O)(=O)N(C)CC(=O)N(Cc2ccc(C(C)(C)C)cc2)c2ccc(C(=O)O)c(OCc3ccccc3)c2Cc2ccccc2)c(C)c1. The Kier molecular flexibility index (Phi) is 11.9. The van der Waals surface area contributed by atoms with Crippen molar-refractivity contribution in [3.05, 3.63) is 159 Å². The van der Waals surface area contributed by atoms with Gasteiger partial charge in [0.15, 0.2) is 0 Å². The monoisotopic (exact) mass is 732 g/mol. The van der Waals surface area contributed by atoms with Gasteiger partial charge in [0.1, 0.15) is 17.9 Å². The lowest BCUT2D eigenvalue weighted by Gasteiger charge is -2.30. The van der Waals surface area contributed by atoms with Crippen LogP contribution in [-0.2, 0) is 39.8 Å². The number of sulfonamides is 1. The van der Waals surface area contributed by atoms with Crippen LogP contribution in [0.1, 0.15) is 75.6 Å². The number of nitrogens with zero attached hydrogens (tertiary/aromatic N) is 2. The number of likely N-dealkylation sites (N-methyl/N-ethyl adjacent to an activating group) is 1. The van der Waals surface area contributed by atoms with Gasteiger partial charge in [0, 0.05) is 19.0 Å². The van der Waals surface area contributed by atoms with Crippen molar-refractivity contribution in [3.8, 4) is 5.75 Å². The number of carbonyl (C=O) groups is 2. The van der Waals surface area contributed by atoms with Crippen molar-refractivity contribution < 1.29 is 27.9 Å². The zero-order valence-electron chi connectivity index (χ0n) is 31.5. The number of hydrogen-bond donors (Lipinski definition) is 1. The molecular weight excluding hydrogens is 685 g/mol. The molecular formula is C44H48N2O6S. The van der Waals surface area contributed by atoms with Gasteiger partial charge in [-0.15, -0.1) is 0 Å². The number of ether oxygens (including phenoxy) is 1. The Hall–Kier alpha value is -5.25. The number of amides is 1. The van der Waals surface area contributed by atoms with E-state index >= 15 is 0 Å². The minimum absolute atomic E-state index is 0.0393. The van der Waals surface area contributed by atoms with Crippen molar-refractivity contribution in [1.82, 2.24) is 4.31 Å². The van der Waals surface area contributed by atoms with E-state index in [-0.39, 0.29) is 41.2 Å². The summed E-state index contributed by atoms with van der Waals surface area (Å²) in [7, 11) is -2.65. The molecule has 0 heterocycles. The maximum Gasteiger partial charge on any atom is 0.339 e. The molecule has 5 rings (SSSR count). The van der Waals surface area contributed by atoms with Crippen LogP contribution in [0.15, 0.2) is 114 Å². The van der Waals surface area contributed by atoms with Crippen LogP contribution in [0, 0.1) is 20.8 Å². The molecule has 5 aromatic rings.